The number of furan rings is 1. The predicted octanol–water partition coefficient (Wildman–Crippen LogP) is 1.68. The van der Waals surface area contributed by atoms with Crippen LogP contribution in [0.5, 0.6) is 0 Å². The van der Waals surface area contributed by atoms with Crippen LogP contribution in [0.4, 0.5) is 5.69 Å². The van der Waals surface area contributed by atoms with E-state index in [-0.39, 0.29) is 31.3 Å². The predicted molar refractivity (Wildman–Crippen MR) is 97.9 cm³/mol. The lowest BCUT2D eigenvalue weighted by Crippen LogP contribution is -2.51. The molecule has 0 spiro atoms. The summed E-state index contributed by atoms with van der Waals surface area (Å²) in [7, 11) is 0. The minimum atomic E-state index is -1.11. The molecule has 2 aromatic rings. The topological polar surface area (TPSA) is 100 Å². The monoisotopic (exact) mass is 384 g/mol. The normalized spacial score (nSPS) is 21.7. The lowest BCUT2D eigenvalue weighted by molar-refractivity contribution is -0.160. The Morgan fingerprint density at radius 1 is 1.21 bits per heavy atom. The largest absolute Gasteiger partial charge is 0.479 e. The molecule has 28 heavy (non-hydrogen) atoms. The average molecular weight is 384 g/mol. The van der Waals surface area contributed by atoms with Crippen LogP contribution >= 0.6 is 0 Å². The van der Waals surface area contributed by atoms with Gasteiger partial charge in [0.25, 0.3) is 5.91 Å². The number of para-hydroxylation sites is 1. The maximum absolute atomic E-state index is 13.0. The third kappa shape index (κ3) is 3.27. The van der Waals surface area contributed by atoms with Crippen LogP contribution in [0.3, 0.4) is 0 Å². The van der Waals surface area contributed by atoms with Crippen molar-refractivity contribution in [3.63, 3.8) is 0 Å². The quantitative estimate of drug-likeness (QED) is 0.861. The van der Waals surface area contributed by atoms with E-state index in [0.717, 1.165) is 11.3 Å². The highest BCUT2D eigenvalue weighted by Gasteiger charge is 2.35. The molecule has 1 aromatic heterocycles. The van der Waals surface area contributed by atoms with Crippen molar-refractivity contribution in [2.45, 2.75) is 32.1 Å². The van der Waals surface area contributed by atoms with Gasteiger partial charge in [0.1, 0.15) is 0 Å². The van der Waals surface area contributed by atoms with Crippen LogP contribution in [-0.2, 0) is 27.3 Å². The van der Waals surface area contributed by atoms with E-state index in [4.69, 9.17) is 9.15 Å². The van der Waals surface area contributed by atoms with Crippen molar-refractivity contribution >= 4 is 23.5 Å². The number of rotatable bonds is 4. The van der Waals surface area contributed by atoms with Gasteiger partial charge < -0.3 is 24.1 Å². The van der Waals surface area contributed by atoms with Crippen molar-refractivity contribution in [2.24, 2.45) is 0 Å². The number of carboxylic acids is 1. The molecule has 8 nitrogen and oxygen atoms in total. The SMILES string of the molecule is C[C@@H]1CN(C(=O)c2occc2CN2C(=O)Cc3ccccc32)CC(C(=O)O)O1. The number of ether oxygens (including phenoxy) is 1. The summed E-state index contributed by atoms with van der Waals surface area (Å²) in [5.41, 5.74) is 2.37. The summed E-state index contributed by atoms with van der Waals surface area (Å²) >= 11 is 0. The van der Waals surface area contributed by atoms with Crippen molar-refractivity contribution in [1.82, 2.24) is 4.90 Å². The van der Waals surface area contributed by atoms with E-state index in [1.807, 2.05) is 24.3 Å². The molecule has 3 heterocycles. The number of aliphatic carboxylic acids is 1. The highest BCUT2D eigenvalue weighted by molar-refractivity contribution is 6.01. The molecule has 2 aliphatic heterocycles. The molecule has 1 fully saturated rings. The maximum Gasteiger partial charge on any atom is 0.334 e. The molecule has 2 amide bonds. The Labute approximate surface area is 161 Å². The summed E-state index contributed by atoms with van der Waals surface area (Å²) in [6.45, 7) is 2.16. The van der Waals surface area contributed by atoms with E-state index in [1.165, 1.54) is 11.2 Å². The number of fused-ring (bicyclic) bond motifs is 1. The molecular formula is C20H20N2O6. The first-order valence-electron chi connectivity index (χ1n) is 9.06. The first-order chi connectivity index (χ1) is 13.4. The molecule has 2 aliphatic rings. The Hall–Kier alpha value is -3.13. The van der Waals surface area contributed by atoms with Crippen LogP contribution in [0.1, 0.15) is 28.6 Å². The van der Waals surface area contributed by atoms with Gasteiger partial charge in [-0.2, -0.15) is 0 Å². The molecule has 0 radical (unpaired) electrons. The number of anilines is 1. The van der Waals surface area contributed by atoms with Crippen LogP contribution in [0.15, 0.2) is 41.0 Å². The Morgan fingerprint density at radius 2 is 2.00 bits per heavy atom. The van der Waals surface area contributed by atoms with Crippen molar-refractivity contribution in [1.29, 1.82) is 0 Å². The standard InChI is InChI=1S/C20H20N2O6/c1-12-9-21(11-16(28-12)20(25)26)19(24)18-14(6-7-27-18)10-22-15-5-3-2-4-13(15)8-17(22)23/h2-7,12,16H,8-11H2,1H3,(H,25,26)/t12-,16?/m1/s1. The van der Waals surface area contributed by atoms with Gasteiger partial charge in [-0.25, -0.2) is 4.79 Å². The summed E-state index contributed by atoms with van der Waals surface area (Å²) in [5.74, 6) is -1.42. The van der Waals surface area contributed by atoms with E-state index in [2.05, 4.69) is 0 Å². The molecule has 2 atom stereocenters. The zero-order chi connectivity index (χ0) is 19.8. The van der Waals surface area contributed by atoms with Crippen LogP contribution in [-0.4, -0.2) is 53.1 Å². The Balaban J connectivity index is 1.55. The second-order valence-corrected chi connectivity index (χ2v) is 7.04. The molecular weight excluding hydrogens is 364 g/mol. The van der Waals surface area contributed by atoms with Gasteiger partial charge in [-0.3, -0.25) is 9.59 Å². The fourth-order valence-corrected chi connectivity index (χ4v) is 3.71. The van der Waals surface area contributed by atoms with Gasteiger partial charge in [0, 0.05) is 17.8 Å². The van der Waals surface area contributed by atoms with Gasteiger partial charge in [0.2, 0.25) is 5.91 Å². The number of carbonyl (C=O) groups is 3. The highest BCUT2D eigenvalue weighted by atomic mass is 16.5. The Bertz CT molecular complexity index is 936. The van der Waals surface area contributed by atoms with Crippen molar-refractivity contribution in [3.05, 3.63) is 53.5 Å². The van der Waals surface area contributed by atoms with Crippen LogP contribution in [0.2, 0.25) is 0 Å². The van der Waals surface area contributed by atoms with Crippen molar-refractivity contribution in [3.8, 4) is 0 Å². The average Bonchev–Trinajstić information content (AvgIpc) is 3.25. The molecule has 1 saturated heterocycles. The summed E-state index contributed by atoms with van der Waals surface area (Å²) in [6.07, 6.45) is 0.272. The summed E-state index contributed by atoms with van der Waals surface area (Å²) in [6, 6.07) is 9.21. The Kier molecular flexibility index (Phi) is 4.64. The first-order valence-corrected chi connectivity index (χ1v) is 9.06. The number of hydrogen-bond acceptors (Lipinski definition) is 5. The van der Waals surface area contributed by atoms with Gasteiger partial charge >= 0.3 is 5.97 Å². The van der Waals surface area contributed by atoms with Gasteiger partial charge in [0.15, 0.2) is 11.9 Å². The molecule has 0 aliphatic carbocycles. The van der Waals surface area contributed by atoms with Gasteiger partial charge in [0.05, 0.1) is 31.9 Å². The number of carboxylic acid groups (broad SMARTS) is 1. The van der Waals surface area contributed by atoms with Crippen molar-refractivity contribution < 1.29 is 28.6 Å². The van der Waals surface area contributed by atoms with E-state index < -0.39 is 24.1 Å². The number of benzene rings is 1. The second kappa shape index (κ2) is 7.12. The summed E-state index contributed by atoms with van der Waals surface area (Å²) in [5, 5.41) is 9.22. The molecule has 0 saturated carbocycles. The van der Waals surface area contributed by atoms with Crippen LogP contribution in [0.25, 0.3) is 0 Å². The van der Waals surface area contributed by atoms with E-state index in [0.29, 0.717) is 12.0 Å². The molecule has 146 valence electrons. The molecule has 1 unspecified atom stereocenters. The minimum Gasteiger partial charge on any atom is -0.479 e. The molecule has 4 rings (SSSR count). The van der Waals surface area contributed by atoms with Gasteiger partial charge in [-0.05, 0) is 24.6 Å². The zero-order valence-electron chi connectivity index (χ0n) is 15.3. The van der Waals surface area contributed by atoms with Crippen molar-refractivity contribution in [2.75, 3.05) is 18.0 Å². The van der Waals surface area contributed by atoms with E-state index in [9.17, 15) is 19.5 Å². The van der Waals surface area contributed by atoms with Gasteiger partial charge in [-0.1, -0.05) is 18.2 Å². The highest BCUT2D eigenvalue weighted by Crippen LogP contribution is 2.31. The number of nitrogens with zero attached hydrogens (tertiary/aromatic N) is 2. The lowest BCUT2D eigenvalue weighted by atomic mass is 10.1. The van der Waals surface area contributed by atoms with Crippen LogP contribution < -0.4 is 4.90 Å². The Morgan fingerprint density at radius 3 is 2.79 bits per heavy atom. The van der Waals surface area contributed by atoms with E-state index >= 15 is 0 Å². The minimum absolute atomic E-state index is 0.0354. The van der Waals surface area contributed by atoms with E-state index in [1.54, 1.807) is 17.9 Å². The smallest absolute Gasteiger partial charge is 0.334 e. The fraction of sp³-hybridized carbons (Fsp3) is 0.350. The number of carbonyl (C=O) groups excluding carboxylic acids is 2. The third-order valence-electron chi connectivity index (χ3n) is 5.02. The number of morpholine rings is 1. The number of amides is 2. The zero-order valence-corrected chi connectivity index (χ0v) is 15.3. The van der Waals surface area contributed by atoms with Gasteiger partial charge in [-0.15, -0.1) is 0 Å². The molecule has 8 heteroatoms. The maximum atomic E-state index is 13.0. The van der Waals surface area contributed by atoms with Crippen LogP contribution in [0, 0.1) is 0 Å². The second-order valence-electron chi connectivity index (χ2n) is 7.04. The third-order valence-corrected chi connectivity index (χ3v) is 5.02. The molecule has 1 aromatic carbocycles. The fourth-order valence-electron chi connectivity index (χ4n) is 3.71. The summed E-state index contributed by atoms with van der Waals surface area (Å²) in [4.78, 5) is 39.7. The molecule has 0 bridgehead atoms. The summed E-state index contributed by atoms with van der Waals surface area (Å²) < 4.78 is 10.8. The molecule has 1 N–H and O–H groups in total. The first kappa shape index (κ1) is 18.2. The lowest BCUT2D eigenvalue weighted by Gasteiger charge is -2.34. The number of hydrogen-bond donors (Lipinski definition) is 1.